The number of nitrogens with one attached hydrogen (secondary N) is 1. The second-order valence-electron chi connectivity index (χ2n) is 6.32. The molecule has 6 heteroatoms. The van der Waals surface area contributed by atoms with E-state index >= 15 is 0 Å². The lowest BCUT2D eigenvalue weighted by Crippen LogP contribution is -2.37. The molecule has 0 spiro atoms. The van der Waals surface area contributed by atoms with E-state index < -0.39 is 15.8 Å². The molecule has 0 amide bonds. The maximum Gasteiger partial charge on any atom is 0.241 e. The van der Waals surface area contributed by atoms with Gasteiger partial charge in [0.05, 0.1) is 4.90 Å². The number of nitrogens with two attached hydrogens (primary N) is 1. The molecule has 0 aromatic heterocycles. The highest BCUT2D eigenvalue weighted by Gasteiger charge is 2.29. The van der Waals surface area contributed by atoms with E-state index in [2.05, 4.69) is 11.6 Å². The van der Waals surface area contributed by atoms with E-state index in [0.717, 1.165) is 31.7 Å². The molecule has 1 aliphatic carbocycles. The van der Waals surface area contributed by atoms with Gasteiger partial charge < -0.3 is 5.73 Å². The maximum absolute atomic E-state index is 13.7. The van der Waals surface area contributed by atoms with Crippen LogP contribution in [0.4, 0.5) is 10.1 Å². The van der Waals surface area contributed by atoms with Gasteiger partial charge in [-0.05, 0) is 37.3 Å². The number of benzene rings is 1. The molecule has 118 valence electrons. The molecule has 0 saturated heterocycles. The van der Waals surface area contributed by atoms with E-state index in [4.69, 9.17) is 5.73 Å². The minimum atomic E-state index is -3.74. The quantitative estimate of drug-likeness (QED) is 0.839. The first-order valence-corrected chi connectivity index (χ1v) is 8.77. The molecule has 0 bridgehead atoms. The van der Waals surface area contributed by atoms with E-state index in [0.29, 0.717) is 6.54 Å². The third kappa shape index (κ3) is 3.74. The molecule has 1 aromatic rings. The van der Waals surface area contributed by atoms with Crippen LogP contribution in [0.2, 0.25) is 0 Å². The SMILES string of the molecule is Cc1c(F)cc(N)cc1S(=O)(=O)NCC1(C)CCCCC1. The van der Waals surface area contributed by atoms with Gasteiger partial charge in [0.1, 0.15) is 5.82 Å². The molecule has 0 unspecified atom stereocenters. The highest BCUT2D eigenvalue weighted by atomic mass is 32.2. The van der Waals surface area contributed by atoms with Crippen molar-refractivity contribution in [1.82, 2.24) is 4.72 Å². The highest BCUT2D eigenvalue weighted by molar-refractivity contribution is 7.89. The Kier molecular flexibility index (Phi) is 4.58. The largest absolute Gasteiger partial charge is 0.399 e. The van der Waals surface area contributed by atoms with Crippen LogP contribution in [0.1, 0.15) is 44.6 Å². The zero-order valence-corrected chi connectivity index (χ0v) is 13.4. The fourth-order valence-electron chi connectivity index (χ4n) is 2.88. The van der Waals surface area contributed by atoms with Crippen LogP contribution in [0, 0.1) is 18.2 Å². The number of hydrogen-bond donors (Lipinski definition) is 2. The van der Waals surface area contributed by atoms with Crippen LogP contribution < -0.4 is 10.5 Å². The maximum atomic E-state index is 13.7. The molecule has 0 heterocycles. The van der Waals surface area contributed by atoms with Gasteiger partial charge in [-0.25, -0.2) is 17.5 Å². The lowest BCUT2D eigenvalue weighted by Gasteiger charge is -2.33. The number of nitrogen functional groups attached to an aromatic ring is 1. The zero-order valence-electron chi connectivity index (χ0n) is 12.6. The molecule has 0 aliphatic heterocycles. The molecule has 2 rings (SSSR count). The average molecular weight is 314 g/mol. The van der Waals surface area contributed by atoms with Gasteiger partial charge in [0.25, 0.3) is 0 Å². The summed E-state index contributed by atoms with van der Waals surface area (Å²) in [6.45, 7) is 3.93. The van der Waals surface area contributed by atoms with E-state index in [9.17, 15) is 12.8 Å². The first-order valence-electron chi connectivity index (χ1n) is 7.29. The second-order valence-corrected chi connectivity index (χ2v) is 8.06. The summed E-state index contributed by atoms with van der Waals surface area (Å²) in [7, 11) is -3.74. The van der Waals surface area contributed by atoms with Crippen LogP contribution in [0.3, 0.4) is 0 Å². The predicted octanol–water partition coefficient (Wildman–Crippen LogP) is 2.97. The summed E-state index contributed by atoms with van der Waals surface area (Å²) in [5, 5.41) is 0. The van der Waals surface area contributed by atoms with Crippen molar-refractivity contribution in [3.05, 3.63) is 23.5 Å². The van der Waals surface area contributed by atoms with Gasteiger partial charge in [-0.2, -0.15) is 0 Å². The molecular formula is C15H23FN2O2S. The zero-order chi connectivity index (χ0) is 15.7. The Morgan fingerprint density at radius 3 is 2.52 bits per heavy atom. The molecule has 0 radical (unpaired) electrons. The summed E-state index contributed by atoms with van der Waals surface area (Å²) in [5.74, 6) is -0.598. The number of anilines is 1. The summed E-state index contributed by atoms with van der Waals surface area (Å²) in [6.07, 6.45) is 5.50. The lowest BCUT2D eigenvalue weighted by molar-refractivity contribution is 0.219. The van der Waals surface area contributed by atoms with Crippen LogP contribution >= 0.6 is 0 Å². The Balaban J connectivity index is 2.19. The van der Waals surface area contributed by atoms with E-state index in [1.807, 2.05) is 0 Å². The molecule has 1 aliphatic rings. The third-order valence-corrected chi connectivity index (χ3v) is 5.89. The smallest absolute Gasteiger partial charge is 0.241 e. The predicted molar refractivity (Wildman–Crippen MR) is 81.9 cm³/mol. The van der Waals surface area contributed by atoms with E-state index in [-0.39, 0.29) is 21.6 Å². The molecule has 1 fully saturated rings. The summed E-state index contributed by atoms with van der Waals surface area (Å²) in [4.78, 5) is -0.0700. The Morgan fingerprint density at radius 2 is 1.90 bits per heavy atom. The van der Waals surface area contributed by atoms with Crippen molar-refractivity contribution >= 4 is 15.7 Å². The number of rotatable bonds is 4. The van der Waals surface area contributed by atoms with Crippen molar-refractivity contribution in [3.8, 4) is 0 Å². The fraction of sp³-hybridized carbons (Fsp3) is 0.600. The molecule has 4 nitrogen and oxygen atoms in total. The summed E-state index contributed by atoms with van der Waals surface area (Å²) in [5.41, 5.74) is 5.76. The van der Waals surface area contributed by atoms with Crippen LogP contribution in [0.25, 0.3) is 0 Å². The van der Waals surface area contributed by atoms with Crippen molar-refractivity contribution in [1.29, 1.82) is 0 Å². The Bertz CT molecular complexity index is 623. The van der Waals surface area contributed by atoms with Crippen molar-refractivity contribution in [2.24, 2.45) is 5.41 Å². The van der Waals surface area contributed by atoms with Gasteiger partial charge in [-0.3, -0.25) is 0 Å². The van der Waals surface area contributed by atoms with Crippen LogP contribution in [-0.2, 0) is 10.0 Å². The Hall–Kier alpha value is -1.14. The van der Waals surface area contributed by atoms with E-state index in [1.165, 1.54) is 19.4 Å². The normalized spacial score (nSPS) is 18.6. The summed E-state index contributed by atoms with van der Waals surface area (Å²) in [6, 6.07) is 2.45. The van der Waals surface area contributed by atoms with Crippen molar-refractivity contribution in [2.75, 3.05) is 12.3 Å². The first kappa shape index (κ1) is 16.2. The van der Waals surface area contributed by atoms with Gasteiger partial charge in [-0.1, -0.05) is 26.2 Å². The van der Waals surface area contributed by atoms with Crippen LogP contribution in [0.15, 0.2) is 17.0 Å². The minimum absolute atomic E-state index is 0.0158. The monoisotopic (exact) mass is 314 g/mol. The van der Waals surface area contributed by atoms with Crippen LogP contribution in [-0.4, -0.2) is 15.0 Å². The first-order chi connectivity index (χ1) is 9.73. The van der Waals surface area contributed by atoms with Gasteiger partial charge in [0.15, 0.2) is 0 Å². The van der Waals surface area contributed by atoms with Crippen LogP contribution in [0.5, 0.6) is 0 Å². The standard InChI is InChI=1S/C15H23FN2O2S/c1-11-13(16)8-12(17)9-14(11)21(19,20)18-10-15(2)6-4-3-5-7-15/h8-9,18H,3-7,10,17H2,1-2H3. The molecule has 1 saturated carbocycles. The number of halogens is 1. The number of sulfonamides is 1. The lowest BCUT2D eigenvalue weighted by atomic mass is 9.76. The summed E-state index contributed by atoms with van der Waals surface area (Å²) < 4.78 is 41.1. The average Bonchev–Trinajstić information content (AvgIpc) is 2.42. The minimum Gasteiger partial charge on any atom is -0.399 e. The van der Waals surface area contributed by atoms with Crippen molar-refractivity contribution in [2.45, 2.75) is 50.8 Å². The molecular weight excluding hydrogens is 291 g/mol. The Labute approximate surface area is 126 Å². The summed E-state index contributed by atoms with van der Waals surface area (Å²) >= 11 is 0. The van der Waals surface area contributed by atoms with Gasteiger partial charge >= 0.3 is 0 Å². The van der Waals surface area contributed by atoms with Gasteiger partial charge in [-0.15, -0.1) is 0 Å². The van der Waals surface area contributed by atoms with Crippen molar-refractivity contribution in [3.63, 3.8) is 0 Å². The number of hydrogen-bond acceptors (Lipinski definition) is 3. The van der Waals surface area contributed by atoms with E-state index in [1.54, 1.807) is 0 Å². The fourth-order valence-corrected chi connectivity index (χ4v) is 4.37. The molecule has 0 atom stereocenters. The third-order valence-electron chi connectivity index (χ3n) is 4.36. The topological polar surface area (TPSA) is 72.2 Å². The highest BCUT2D eigenvalue weighted by Crippen LogP contribution is 2.35. The molecule has 1 aromatic carbocycles. The Morgan fingerprint density at radius 1 is 1.29 bits per heavy atom. The molecule has 21 heavy (non-hydrogen) atoms. The second kappa shape index (κ2) is 5.93. The van der Waals surface area contributed by atoms with Gasteiger partial charge in [0.2, 0.25) is 10.0 Å². The van der Waals surface area contributed by atoms with Crippen molar-refractivity contribution < 1.29 is 12.8 Å². The molecule has 3 N–H and O–H groups in total. The van der Waals surface area contributed by atoms with Gasteiger partial charge in [0, 0.05) is 17.8 Å².